The molecule has 1 atom stereocenters. The number of para-hydroxylation sites is 2. The van der Waals surface area contributed by atoms with Crippen LogP contribution in [-0.2, 0) is 13.0 Å². The Bertz CT molecular complexity index is 1290. The van der Waals surface area contributed by atoms with E-state index in [0.717, 1.165) is 36.4 Å². The van der Waals surface area contributed by atoms with Crippen molar-refractivity contribution < 1.29 is 4.79 Å². The largest absolute Gasteiger partial charge is 0.397 e. The highest BCUT2D eigenvalue weighted by molar-refractivity contribution is 6.05. The van der Waals surface area contributed by atoms with E-state index in [0.29, 0.717) is 41.9 Å². The van der Waals surface area contributed by atoms with Crippen LogP contribution < -0.4 is 27.5 Å². The summed E-state index contributed by atoms with van der Waals surface area (Å²) in [7, 11) is 0. The molecule has 0 spiro atoms. The minimum Gasteiger partial charge on any atom is -0.397 e. The van der Waals surface area contributed by atoms with Crippen LogP contribution in [0, 0.1) is 0 Å². The number of aromatic nitrogens is 1. The molecular formula is C27H31N9O. The van der Waals surface area contributed by atoms with Crippen LogP contribution in [0.25, 0.3) is 0 Å². The van der Waals surface area contributed by atoms with Crippen molar-refractivity contribution in [3.05, 3.63) is 89.7 Å². The van der Waals surface area contributed by atoms with Gasteiger partial charge in [0, 0.05) is 29.9 Å². The molecule has 0 saturated heterocycles. The van der Waals surface area contributed by atoms with Crippen molar-refractivity contribution in [1.82, 2.24) is 20.6 Å². The molecule has 1 saturated carbocycles. The van der Waals surface area contributed by atoms with Crippen LogP contribution in [0.2, 0.25) is 0 Å². The monoisotopic (exact) mass is 497 g/mol. The molecule has 7 N–H and O–H groups in total. The Morgan fingerprint density at radius 2 is 1.84 bits per heavy atom. The van der Waals surface area contributed by atoms with Gasteiger partial charge in [-0.2, -0.15) is 0 Å². The van der Waals surface area contributed by atoms with E-state index < -0.39 is 0 Å². The van der Waals surface area contributed by atoms with E-state index in [2.05, 4.69) is 20.9 Å². The lowest BCUT2D eigenvalue weighted by molar-refractivity contribution is 0.102. The first-order valence-electron chi connectivity index (χ1n) is 12.4. The van der Waals surface area contributed by atoms with E-state index in [1.807, 2.05) is 42.5 Å². The van der Waals surface area contributed by atoms with Crippen LogP contribution in [0.5, 0.6) is 0 Å². The van der Waals surface area contributed by atoms with Crippen LogP contribution in [0.3, 0.4) is 0 Å². The Labute approximate surface area is 215 Å². The third-order valence-electron chi connectivity index (χ3n) is 6.19. The van der Waals surface area contributed by atoms with E-state index in [1.165, 1.54) is 5.01 Å². The molecule has 2 heterocycles. The summed E-state index contributed by atoms with van der Waals surface area (Å²) in [6.07, 6.45) is 5.13. The topological polar surface area (TPSA) is 146 Å². The highest BCUT2D eigenvalue weighted by Crippen LogP contribution is 2.21. The summed E-state index contributed by atoms with van der Waals surface area (Å²) in [5.41, 5.74) is 9.52. The minimum atomic E-state index is -0.372. The second kappa shape index (κ2) is 11.2. The maximum Gasteiger partial charge on any atom is 0.255 e. The molecule has 1 aliphatic heterocycles. The second-order valence-corrected chi connectivity index (χ2v) is 9.12. The summed E-state index contributed by atoms with van der Waals surface area (Å²) in [5.74, 6) is 7.52. The summed E-state index contributed by atoms with van der Waals surface area (Å²) in [6.45, 7) is 0.396. The first kappa shape index (κ1) is 24.4. The molecule has 10 nitrogen and oxygen atoms in total. The molecule has 3 aromatic rings. The average Bonchev–Trinajstić information content (AvgIpc) is 3.74. The number of amidine groups is 1. The summed E-state index contributed by atoms with van der Waals surface area (Å²) >= 11 is 0. The average molecular weight is 498 g/mol. The predicted molar refractivity (Wildman–Crippen MR) is 145 cm³/mol. The number of hydrazine groups is 1. The zero-order valence-corrected chi connectivity index (χ0v) is 20.5. The summed E-state index contributed by atoms with van der Waals surface area (Å²) in [6, 6.07) is 20.8. The molecule has 190 valence electrons. The Morgan fingerprint density at radius 3 is 2.57 bits per heavy atom. The molecule has 37 heavy (non-hydrogen) atoms. The number of nitrogens with zero attached hydrogens (tertiary/aromatic N) is 4. The van der Waals surface area contributed by atoms with E-state index in [1.54, 1.807) is 30.5 Å². The van der Waals surface area contributed by atoms with Gasteiger partial charge >= 0.3 is 0 Å². The van der Waals surface area contributed by atoms with Gasteiger partial charge in [-0.15, -0.1) is 0 Å². The lowest BCUT2D eigenvalue weighted by Gasteiger charge is -2.33. The quantitative estimate of drug-likeness (QED) is 0.226. The number of benzene rings is 2. The number of aliphatic imine (C=N–C) groups is 2. The lowest BCUT2D eigenvalue weighted by atomic mass is 10.1. The third kappa shape index (κ3) is 6.49. The molecule has 2 aromatic carbocycles. The number of hydrogen-bond acceptors (Lipinski definition) is 7. The summed E-state index contributed by atoms with van der Waals surface area (Å²) in [5, 5.41) is 11.1. The molecule has 1 aliphatic carbocycles. The Morgan fingerprint density at radius 1 is 1.05 bits per heavy atom. The summed E-state index contributed by atoms with van der Waals surface area (Å²) in [4.78, 5) is 26.5. The van der Waals surface area contributed by atoms with Gasteiger partial charge in [-0.1, -0.05) is 30.3 Å². The predicted octanol–water partition coefficient (Wildman–Crippen LogP) is 2.62. The zero-order chi connectivity index (χ0) is 25.6. The van der Waals surface area contributed by atoms with E-state index in [-0.39, 0.29) is 12.2 Å². The van der Waals surface area contributed by atoms with Crippen molar-refractivity contribution in [2.75, 3.05) is 11.1 Å². The molecular weight excluding hydrogens is 466 g/mol. The maximum atomic E-state index is 12.6. The molecule has 1 aromatic heterocycles. The van der Waals surface area contributed by atoms with Crippen LogP contribution in [0.15, 0.2) is 82.9 Å². The van der Waals surface area contributed by atoms with E-state index in [4.69, 9.17) is 21.6 Å². The molecule has 0 bridgehead atoms. The van der Waals surface area contributed by atoms with Crippen LogP contribution in [0.1, 0.15) is 40.9 Å². The van der Waals surface area contributed by atoms with Crippen molar-refractivity contribution in [1.29, 1.82) is 0 Å². The highest BCUT2D eigenvalue weighted by Gasteiger charge is 2.31. The second-order valence-electron chi connectivity index (χ2n) is 9.12. The number of nitrogen functional groups attached to an aromatic ring is 1. The van der Waals surface area contributed by atoms with Gasteiger partial charge in [0.1, 0.15) is 5.84 Å². The van der Waals surface area contributed by atoms with Gasteiger partial charge in [0.25, 0.3) is 5.91 Å². The molecule has 1 amide bonds. The third-order valence-corrected chi connectivity index (χ3v) is 6.19. The first-order chi connectivity index (χ1) is 18.0. The zero-order valence-electron chi connectivity index (χ0n) is 20.5. The van der Waals surface area contributed by atoms with Gasteiger partial charge < -0.3 is 16.4 Å². The van der Waals surface area contributed by atoms with Crippen molar-refractivity contribution in [2.24, 2.45) is 15.8 Å². The standard InChI is InChI=1S/C27H31N9O/c28-22-6-1-2-7-23(22)33-25(37)19-10-8-18(9-11-19)17-31-26-34-24(15-14-20-5-3-4-16-30-20)35-27(36(26)29)32-21-12-13-21/h1-11,16,21,27,32H,12-15,17,28-29H2,(H,33,37)(H,31,34,35). The van der Waals surface area contributed by atoms with Crippen LogP contribution in [0.4, 0.5) is 11.4 Å². The van der Waals surface area contributed by atoms with Crippen LogP contribution in [-0.4, -0.2) is 40.0 Å². The number of nitrogens with one attached hydrogen (secondary N) is 3. The molecule has 1 fully saturated rings. The van der Waals surface area contributed by atoms with Gasteiger partial charge in [0.05, 0.1) is 17.9 Å². The van der Waals surface area contributed by atoms with E-state index in [9.17, 15) is 4.79 Å². The van der Waals surface area contributed by atoms with Crippen LogP contribution >= 0.6 is 0 Å². The first-order valence-corrected chi connectivity index (χ1v) is 12.4. The lowest BCUT2D eigenvalue weighted by Crippen LogP contribution is -2.61. The van der Waals surface area contributed by atoms with E-state index >= 15 is 0 Å². The Kier molecular flexibility index (Phi) is 7.38. The van der Waals surface area contributed by atoms with Crippen molar-refractivity contribution in [3.63, 3.8) is 0 Å². The van der Waals surface area contributed by atoms with Gasteiger partial charge in [-0.25, -0.2) is 20.8 Å². The number of rotatable bonds is 9. The number of pyridine rings is 1. The van der Waals surface area contributed by atoms with Gasteiger partial charge in [0.15, 0.2) is 6.29 Å². The fourth-order valence-electron chi connectivity index (χ4n) is 3.90. The van der Waals surface area contributed by atoms with Gasteiger partial charge in [-0.3, -0.25) is 15.1 Å². The molecule has 5 rings (SSSR count). The van der Waals surface area contributed by atoms with Crippen molar-refractivity contribution in [2.45, 2.75) is 44.6 Å². The molecule has 10 heteroatoms. The SMILES string of the molecule is Nc1ccccc1NC(=O)c1ccc(CN=C2NC(CCc3ccccn3)=NC(NC3CC3)N2N)cc1. The normalized spacial score (nSPS) is 18.3. The molecule has 0 radical (unpaired) electrons. The molecule has 2 aliphatic rings. The number of nitrogens with two attached hydrogens (primary N) is 2. The molecule has 1 unspecified atom stereocenters. The number of carbonyl (C=O) groups is 1. The number of guanidine groups is 1. The van der Waals surface area contributed by atoms with Crippen molar-refractivity contribution in [3.8, 4) is 0 Å². The Balaban J connectivity index is 1.24. The number of carbonyl (C=O) groups excluding carboxylic acids is 1. The fraction of sp³-hybridized carbons (Fsp3) is 0.259. The fourth-order valence-corrected chi connectivity index (χ4v) is 3.90. The summed E-state index contributed by atoms with van der Waals surface area (Å²) < 4.78 is 0. The number of hydrogen-bond donors (Lipinski definition) is 5. The number of amides is 1. The van der Waals surface area contributed by atoms with Crippen molar-refractivity contribution >= 4 is 29.1 Å². The maximum absolute atomic E-state index is 12.6. The smallest absolute Gasteiger partial charge is 0.255 e. The number of anilines is 2. The van der Waals surface area contributed by atoms with Gasteiger partial charge in [0.2, 0.25) is 5.96 Å². The van der Waals surface area contributed by atoms with Gasteiger partial charge in [-0.05, 0) is 61.2 Å². The minimum absolute atomic E-state index is 0.222. The Hall–Kier alpha value is -4.28. The number of aryl methyl sites for hydroxylation is 1. The highest BCUT2D eigenvalue weighted by atomic mass is 16.1.